The summed E-state index contributed by atoms with van der Waals surface area (Å²) in [5.74, 6) is -1.14. The highest BCUT2D eigenvalue weighted by Gasteiger charge is 2.29. The van der Waals surface area contributed by atoms with E-state index in [1.54, 1.807) is 18.2 Å². The third-order valence-corrected chi connectivity index (χ3v) is 3.48. The number of Topliss-reactive ketones (excluding diaryl/α,β-unsaturated/α-hetero) is 1. The number of anilines is 2. The van der Waals surface area contributed by atoms with Gasteiger partial charge in [0.05, 0.1) is 23.5 Å². The van der Waals surface area contributed by atoms with Crippen LogP contribution in [0.5, 0.6) is 0 Å². The number of ketones is 1. The van der Waals surface area contributed by atoms with E-state index in [-0.39, 0.29) is 6.61 Å². The molecule has 2 N–H and O–H groups in total. The summed E-state index contributed by atoms with van der Waals surface area (Å²) >= 11 is 3.39. The quantitative estimate of drug-likeness (QED) is 0.637. The predicted octanol–water partition coefficient (Wildman–Crippen LogP) is 1.57. The molecule has 19 heavy (non-hydrogen) atoms. The highest BCUT2D eigenvalue weighted by Crippen LogP contribution is 2.35. The minimum Gasteiger partial charge on any atom is -0.395 e. The minimum absolute atomic E-state index is 0.00263. The number of carbonyl (C=O) groups is 2. The van der Waals surface area contributed by atoms with Gasteiger partial charge >= 0.3 is 0 Å². The molecule has 1 heterocycles. The van der Waals surface area contributed by atoms with Gasteiger partial charge in [-0.25, -0.2) is 0 Å². The molecule has 1 aliphatic rings. The number of aliphatic hydroxyl groups excluding tert-OH is 1. The zero-order valence-electron chi connectivity index (χ0n) is 10.1. The van der Waals surface area contributed by atoms with Gasteiger partial charge in [0.2, 0.25) is 0 Å². The first-order chi connectivity index (χ1) is 9.08. The first-order valence-corrected chi connectivity index (χ1v) is 6.53. The molecular weight excluding hydrogens is 312 g/mol. The summed E-state index contributed by atoms with van der Waals surface area (Å²) in [6.45, 7) is 4.67. The molecule has 1 aliphatic heterocycles. The third-order valence-electron chi connectivity index (χ3n) is 2.85. The van der Waals surface area contributed by atoms with E-state index in [1.807, 2.05) is 4.90 Å². The van der Waals surface area contributed by atoms with Gasteiger partial charge in [-0.1, -0.05) is 6.08 Å². The lowest BCUT2D eigenvalue weighted by Gasteiger charge is -2.24. The Balaban J connectivity index is 2.43. The Hall–Kier alpha value is -1.66. The summed E-state index contributed by atoms with van der Waals surface area (Å²) in [5.41, 5.74) is 1.66. The van der Waals surface area contributed by atoms with Crippen molar-refractivity contribution in [2.45, 2.75) is 0 Å². The second-order valence-corrected chi connectivity index (χ2v) is 4.95. The molecule has 0 fully saturated rings. The van der Waals surface area contributed by atoms with Crippen LogP contribution in [0.1, 0.15) is 10.4 Å². The highest BCUT2D eigenvalue weighted by molar-refractivity contribution is 9.10. The van der Waals surface area contributed by atoms with Crippen molar-refractivity contribution in [2.75, 3.05) is 29.9 Å². The van der Waals surface area contributed by atoms with Crippen LogP contribution in [0.2, 0.25) is 0 Å². The normalized spacial score (nSPS) is 13.2. The molecule has 0 atom stereocenters. The van der Waals surface area contributed by atoms with Gasteiger partial charge in [-0.15, -0.1) is 6.58 Å². The molecule has 0 radical (unpaired) electrons. The van der Waals surface area contributed by atoms with Crippen LogP contribution in [0.15, 0.2) is 29.3 Å². The van der Waals surface area contributed by atoms with Crippen LogP contribution in [-0.4, -0.2) is 36.5 Å². The number of rotatable bonds is 5. The van der Waals surface area contributed by atoms with Crippen molar-refractivity contribution in [3.8, 4) is 0 Å². The maximum absolute atomic E-state index is 11.6. The maximum atomic E-state index is 11.6. The lowest BCUT2D eigenvalue weighted by molar-refractivity contribution is -0.112. The molecule has 0 aromatic heterocycles. The molecule has 1 amide bonds. The molecule has 1 aromatic carbocycles. The van der Waals surface area contributed by atoms with Crippen molar-refractivity contribution in [3.05, 3.63) is 34.8 Å². The van der Waals surface area contributed by atoms with E-state index in [4.69, 9.17) is 5.11 Å². The van der Waals surface area contributed by atoms with E-state index >= 15 is 0 Å². The number of hydrogen-bond acceptors (Lipinski definition) is 4. The van der Waals surface area contributed by atoms with E-state index in [2.05, 4.69) is 27.8 Å². The molecule has 5 nitrogen and oxygen atoms in total. The van der Waals surface area contributed by atoms with Crippen LogP contribution in [0.25, 0.3) is 0 Å². The fraction of sp³-hybridized carbons (Fsp3) is 0.231. The van der Waals surface area contributed by atoms with Crippen molar-refractivity contribution in [2.24, 2.45) is 0 Å². The summed E-state index contributed by atoms with van der Waals surface area (Å²) in [6.07, 6.45) is 1.72. The molecule has 0 saturated heterocycles. The number of aliphatic hydroxyl groups is 1. The van der Waals surface area contributed by atoms with Crippen molar-refractivity contribution < 1.29 is 14.7 Å². The summed E-state index contributed by atoms with van der Waals surface area (Å²) in [7, 11) is 0. The Morgan fingerprint density at radius 3 is 2.79 bits per heavy atom. The average Bonchev–Trinajstić information content (AvgIpc) is 2.64. The van der Waals surface area contributed by atoms with Gasteiger partial charge in [-0.05, 0) is 28.1 Å². The van der Waals surface area contributed by atoms with Gasteiger partial charge in [0, 0.05) is 17.6 Å². The summed E-state index contributed by atoms with van der Waals surface area (Å²) in [6, 6.07) is 3.35. The van der Waals surface area contributed by atoms with Crippen LogP contribution < -0.4 is 10.2 Å². The van der Waals surface area contributed by atoms with E-state index in [1.165, 1.54) is 0 Å². The Kier molecular flexibility index (Phi) is 4.01. The monoisotopic (exact) mass is 324 g/mol. The zero-order valence-corrected chi connectivity index (χ0v) is 11.7. The van der Waals surface area contributed by atoms with Gasteiger partial charge < -0.3 is 15.3 Å². The van der Waals surface area contributed by atoms with Crippen molar-refractivity contribution in [1.29, 1.82) is 0 Å². The average molecular weight is 325 g/mol. The summed E-state index contributed by atoms with van der Waals surface area (Å²) in [5, 5.41) is 11.6. The summed E-state index contributed by atoms with van der Waals surface area (Å²) in [4.78, 5) is 24.8. The smallest absolute Gasteiger partial charge is 0.296 e. The van der Waals surface area contributed by atoms with Gasteiger partial charge in [0.1, 0.15) is 0 Å². The van der Waals surface area contributed by atoms with Crippen LogP contribution in [0.4, 0.5) is 11.4 Å². The number of benzene rings is 1. The number of fused-ring (bicyclic) bond motifs is 1. The van der Waals surface area contributed by atoms with Crippen LogP contribution >= 0.6 is 15.9 Å². The maximum Gasteiger partial charge on any atom is 0.296 e. The van der Waals surface area contributed by atoms with Crippen molar-refractivity contribution in [3.63, 3.8) is 0 Å². The fourth-order valence-corrected chi connectivity index (χ4v) is 2.58. The summed E-state index contributed by atoms with van der Waals surface area (Å²) < 4.78 is 0.700. The van der Waals surface area contributed by atoms with Gasteiger partial charge in [-0.2, -0.15) is 0 Å². The molecule has 0 bridgehead atoms. The van der Waals surface area contributed by atoms with E-state index < -0.39 is 11.7 Å². The van der Waals surface area contributed by atoms with Crippen molar-refractivity contribution >= 4 is 39.0 Å². The Morgan fingerprint density at radius 1 is 1.42 bits per heavy atom. The predicted molar refractivity (Wildman–Crippen MR) is 76.6 cm³/mol. The van der Waals surface area contributed by atoms with Gasteiger partial charge in [0.15, 0.2) is 0 Å². The Bertz CT molecular complexity index is 557. The third kappa shape index (κ3) is 2.54. The molecule has 0 unspecified atom stereocenters. The van der Waals surface area contributed by atoms with Crippen molar-refractivity contribution in [1.82, 2.24) is 0 Å². The molecule has 0 saturated carbocycles. The number of hydrogen-bond donors (Lipinski definition) is 2. The molecule has 2 rings (SSSR count). The number of amides is 1. The molecule has 100 valence electrons. The number of halogens is 1. The van der Waals surface area contributed by atoms with E-state index in [0.717, 1.165) is 5.69 Å². The molecular formula is C13H13BrN2O3. The van der Waals surface area contributed by atoms with E-state index in [0.29, 0.717) is 28.8 Å². The molecule has 6 heteroatoms. The van der Waals surface area contributed by atoms with Crippen LogP contribution in [0, 0.1) is 0 Å². The standard InChI is InChI=1S/C13H13BrN2O3/c1-2-3-16(4-5-17)11-7-10-8(6-9(11)14)12(18)13(19)15-10/h2,6-7,17H,1,3-5H2,(H,15,18,19). The number of nitrogens with zero attached hydrogens (tertiary/aromatic N) is 1. The highest BCUT2D eigenvalue weighted by atomic mass is 79.9. The fourth-order valence-electron chi connectivity index (χ4n) is 1.98. The first kappa shape index (κ1) is 13.8. The van der Waals surface area contributed by atoms with Crippen LogP contribution in [-0.2, 0) is 4.79 Å². The second-order valence-electron chi connectivity index (χ2n) is 4.09. The minimum atomic E-state index is -0.614. The largest absolute Gasteiger partial charge is 0.395 e. The number of nitrogens with one attached hydrogen (secondary N) is 1. The zero-order chi connectivity index (χ0) is 14.0. The topological polar surface area (TPSA) is 69.6 Å². The first-order valence-electron chi connectivity index (χ1n) is 5.74. The lowest BCUT2D eigenvalue weighted by atomic mass is 10.1. The Morgan fingerprint density at radius 2 is 2.16 bits per heavy atom. The lowest BCUT2D eigenvalue weighted by Crippen LogP contribution is -2.27. The molecule has 0 aliphatic carbocycles. The molecule has 0 spiro atoms. The van der Waals surface area contributed by atoms with Gasteiger partial charge in [-0.3, -0.25) is 9.59 Å². The SMILES string of the molecule is C=CCN(CCO)c1cc2c(cc1Br)C(=O)C(=O)N2. The molecule has 1 aromatic rings. The van der Waals surface area contributed by atoms with Crippen LogP contribution in [0.3, 0.4) is 0 Å². The second kappa shape index (κ2) is 5.54. The van der Waals surface area contributed by atoms with Gasteiger partial charge in [0.25, 0.3) is 11.7 Å². The Labute approximate surface area is 119 Å². The number of carbonyl (C=O) groups excluding carboxylic acids is 2. The van der Waals surface area contributed by atoms with E-state index in [9.17, 15) is 9.59 Å².